The molecule has 1 fully saturated rings. The molecular weight excluding hydrogens is 316 g/mol. The molecule has 1 aliphatic rings. The van der Waals surface area contributed by atoms with E-state index in [1.54, 1.807) is 6.92 Å². The second-order valence-electron chi connectivity index (χ2n) is 5.27. The quantitative estimate of drug-likeness (QED) is 0.880. The molecule has 3 rings (SSSR count). The van der Waals surface area contributed by atoms with Crippen molar-refractivity contribution in [2.45, 2.75) is 20.4 Å². The third-order valence-electron chi connectivity index (χ3n) is 3.48. The number of carbonyl (C=O) groups is 1. The van der Waals surface area contributed by atoms with Gasteiger partial charge in [-0.05, 0) is 31.4 Å². The Balaban J connectivity index is 1.69. The van der Waals surface area contributed by atoms with Crippen LogP contribution in [0.1, 0.15) is 26.8 Å². The number of anilines is 1. The summed E-state index contributed by atoms with van der Waals surface area (Å²) < 4.78 is 9.12. The van der Waals surface area contributed by atoms with Gasteiger partial charge in [0, 0.05) is 18.8 Å². The molecule has 9 heteroatoms. The minimum atomic E-state index is -0.179. The van der Waals surface area contributed by atoms with Gasteiger partial charge in [-0.2, -0.15) is 0 Å². The van der Waals surface area contributed by atoms with Crippen molar-refractivity contribution in [1.82, 2.24) is 24.9 Å². The molecule has 0 aromatic carbocycles. The van der Waals surface area contributed by atoms with Crippen LogP contribution in [0.4, 0.5) is 5.95 Å². The van der Waals surface area contributed by atoms with E-state index in [0.29, 0.717) is 36.3 Å². The summed E-state index contributed by atoms with van der Waals surface area (Å²) in [5.74, 6) is 0.509. The first-order valence-electron chi connectivity index (χ1n) is 7.38. The number of nitrogens with one attached hydrogen (secondary N) is 1. The number of hydrogen-bond donors (Lipinski definition) is 1. The molecule has 1 saturated heterocycles. The van der Waals surface area contributed by atoms with Gasteiger partial charge in [-0.15, -0.1) is 5.10 Å². The van der Waals surface area contributed by atoms with Gasteiger partial charge in [0.25, 0.3) is 5.91 Å². The van der Waals surface area contributed by atoms with Crippen molar-refractivity contribution in [2.24, 2.45) is 0 Å². The van der Waals surface area contributed by atoms with Crippen molar-refractivity contribution < 1.29 is 9.53 Å². The Bertz CT molecular complexity index is 698. The van der Waals surface area contributed by atoms with Gasteiger partial charge in [0.05, 0.1) is 31.1 Å². The van der Waals surface area contributed by atoms with Crippen LogP contribution in [0, 0.1) is 13.8 Å². The minimum Gasteiger partial charge on any atom is -0.378 e. The average Bonchev–Trinajstić information content (AvgIpc) is 2.99. The number of morpholine rings is 1. The molecule has 0 spiro atoms. The molecule has 2 aromatic rings. The summed E-state index contributed by atoms with van der Waals surface area (Å²) in [7, 11) is 0. The van der Waals surface area contributed by atoms with Gasteiger partial charge >= 0.3 is 0 Å². The van der Waals surface area contributed by atoms with Gasteiger partial charge in [-0.1, -0.05) is 4.49 Å². The normalized spacial score (nSPS) is 14.8. The van der Waals surface area contributed by atoms with E-state index in [9.17, 15) is 4.79 Å². The van der Waals surface area contributed by atoms with Gasteiger partial charge in [0.1, 0.15) is 4.88 Å². The predicted molar refractivity (Wildman–Crippen MR) is 85.6 cm³/mol. The van der Waals surface area contributed by atoms with Crippen LogP contribution in [0.5, 0.6) is 0 Å². The average molecular weight is 334 g/mol. The number of aromatic nitrogens is 4. The van der Waals surface area contributed by atoms with E-state index in [2.05, 4.69) is 29.8 Å². The van der Waals surface area contributed by atoms with Crippen LogP contribution < -0.4 is 10.2 Å². The third-order valence-corrected chi connectivity index (χ3v) is 4.30. The van der Waals surface area contributed by atoms with Crippen LogP contribution in [0.2, 0.25) is 0 Å². The van der Waals surface area contributed by atoms with Gasteiger partial charge in [0.2, 0.25) is 5.95 Å². The maximum absolute atomic E-state index is 12.1. The van der Waals surface area contributed by atoms with E-state index < -0.39 is 0 Å². The van der Waals surface area contributed by atoms with E-state index >= 15 is 0 Å². The lowest BCUT2D eigenvalue weighted by atomic mass is 10.3. The van der Waals surface area contributed by atoms with Crippen molar-refractivity contribution >= 4 is 23.4 Å². The third kappa shape index (κ3) is 3.80. The largest absolute Gasteiger partial charge is 0.378 e. The van der Waals surface area contributed by atoms with Gasteiger partial charge in [-0.3, -0.25) is 4.79 Å². The highest BCUT2D eigenvalue weighted by Crippen LogP contribution is 2.13. The van der Waals surface area contributed by atoms with Crippen molar-refractivity contribution in [2.75, 3.05) is 31.2 Å². The van der Waals surface area contributed by atoms with E-state index in [1.807, 2.05) is 13.0 Å². The number of amides is 1. The van der Waals surface area contributed by atoms with E-state index in [-0.39, 0.29) is 5.91 Å². The molecule has 23 heavy (non-hydrogen) atoms. The summed E-state index contributed by atoms with van der Waals surface area (Å²) in [6.45, 7) is 6.96. The molecule has 8 nitrogen and oxygen atoms in total. The molecule has 1 amide bonds. The van der Waals surface area contributed by atoms with Gasteiger partial charge in [0.15, 0.2) is 0 Å². The van der Waals surface area contributed by atoms with Crippen LogP contribution in [0.25, 0.3) is 0 Å². The minimum absolute atomic E-state index is 0.179. The lowest BCUT2D eigenvalue weighted by Gasteiger charge is -2.27. The maximum Gasteiger partial charge on any atom is 0.265 e. The molecule has 122 valence electrons. The summed E-state index contributed by atoms with van der Waals surface area (Å²) in [5.41, 5.74) is 2.30. The zero-order valence-corrected chi connectivity index (χ0v) is 13.9. The molecular formula is C14H18N6O2S. The highest BCUT2D eigenvalue weighted by atomic mass is 32.1. The summed E-state index contributed by atoms with van der Waals surface area (Å²) in [6.07, 6.45) is 0. The Morgan fingerprint density at radius 3 is 2.83 bits per heavy atom. The van der Waals surface area contributed by atoms with Crippen molar-refractivity contribution in [1.29, 1.82) is 0 Å². The van der Waals surface area contributed by atoms with Crippen LogP contribution in [0.15, 0.2) is 6.07 Å². The highest BCUT2D eigenvalue weighted by molar-refractivity contribution is 7.07. The smallest absolute Gasteiger partial charge is 0.265 e. The van der Waals surface area contributed by atoms with Crippen LogP contribution in [-0.4, -0.2) is 51.8 Å². The lowest BCUT2D eigenvalue weighted by Crippen LogP contribution is -2.37. The summed E-state index contributed by atoms with van der Waals surface area (Å²) in [6, 6.07) is 1.88. The lowest BCUT2D eigenvalue weighted by molar-refractivity contribution is 0.0953. The summed E-state index contributed by atoms with van der Waals surface area (Å²) in [4.78, 5) is 23.8. The molecule has 0 bridgehead atoms. The van der Waals surface area contributed by atoms with Gasteiger partial charge in [-0.25, -0.2) is 9.97 Å². The topological polar surface area (TPSA) is 93.1 Å². The Labute approximate surface area is 138 Å². The van der Waals surface area contributed by atoms with E-state index in [0.717, 1.165) is 36.0 Å². The summed E-state index contributed by atoms with van der Waals surface area (Å²) >= 11 is 1.09. The molecule has 3 heterocycles. The second-order valence-corrected chi connectivity index (χ2v) is 6.02. The second kappa shape index (κ2) is 6.97. The van der Waals surface area contributed by atoms with E-state index in [1.165, 1.54) is 0 Å². The van der Waals surface area contributed by atoms with Crippen molar-refractivity contribution in [3.05, 3.63) is 28.0 Å². The SMILES string of the molecule is Cc1cc(CNC(=O)c2snnc2C)nc(N2CCOCC2)n1. The first-order valence-corrected chi connectivity index (χ1v) is 8.15. The number of ether oxygens (including phenoxy) is 1. The Morgan fingerprint density at radius 2 is 2.13 bits per heavy atom. The molecule has 1 aliphatic heterocycles. The summed E-state index contributed by atoms with van der Waals surface area (Å²) in [5, 5.41) is 6.70. The highest BCUT2D eigenvalue weighted by Gasteiger charge is 2.16. The van der Waals surface area contributed by atoms with Gasteiger partial charge < -0.3 is 15.0 Å². The fraction of sp³-hybridized carbons (Fsp3) is 0.500. The van der Waals surface area contributed by atoms with E-state index in [4.69, 9.17) is 4.74 Å². The van der Waals surface area contributed by atoms with Crippen LogP contribution in [0.3, 0.4) is 0 Å². The molecule has 0 saturated carbocycles. The molecule has 0 radical (unpaired) electrons. The Morgan fingerprint density at radius 1 is 1.35 bits per heavy atom. The fourth-order valence-corrected chi connectivity index (χ4v) is 2.88. The molecule has 0 atom stereocenters. The molecule has 1 N–H and O–H groups in total. The molecule has 0 unspecified atom stereocenters. The number of rotatable bonds is 4. The number of aryl methyl sites for hydroxylation is 2. The number of carbonyl (C=O) groups excluding carboxylic acids is 1. The van der Waals surface area contributed by atoms with Crippen LogP contribution in [-0.2, 0) is 11.3 Å². The van der Waals surface area contributed by atoms with Crippen molar-refractivity contribution in [3.8, 4) is 0 Å². The first kappa shape index (κ1) is 15.8. The molecule has 0 aliphatic carbocycles. The first-order chi connectivity index (χ1) is 11.1. The Hall–Kier alpha value is -2.13. The standard InChI is InChI=1S/C14H18N6O2S/c1-9-7-11(8-15-13(21)12-10(2)18-19-23-12)17-14(16-9)20-3-5-22-6-4-20/h7H,3-6,8H2,1-2H3,(H,15,21). The monoisotopic (exact) mass is 334 g/mol. The number of hydrogen-bond acceptors (Lipinski definition) is 8. The van der Waals surface area contributed by atoms with Crippen molar-refractivity contribution in [3.63, 3.8) is 0 Å². The maximum atomic E-state index is 12.1. The number of nitrogens with zero attached hydrogens (tertiary/aromatic N) is 5. The zero-order chi connectivity index (χ0) is 16.2. The van der Waals surface area contributed by atoms with Crippen LogP contribution >= 0.6 is 11.5 Å². The predicted octanol–water partition coefficient (Wildman–Crippen LogP) is 0.712. The molecule has 2 aromatic heterocycles. The Kier molecular flexibility index (Phi) is 4.77. The fourth-order valence-electron chi connectivity index (χ4n) is 2.30. The zero-order valence-electron chi connectivity index (χ0n) is 13.1.